The number of esters is 2. The van der Waals surface area contributed by atoms with E-state index >= 15 is 0 Å². The summed E-state index contributed by atoms with van der Waals surface area (Å²) in [5, 5.41) is 9.08. The second-order valence-electron chi connectivity index (χ2n) is 4.36. The molecule has 0 N–H and O–H groups in total. The molecule has 5 nitrogen and oxygen atoms in total. The van der Waals surface area contributed by atoms with Gasteiger partial charge in [0.2, 0.25) is 0 Å². The molecule has 19 heavy (non-hydrogen) atoms. The van der Waals surface area contributed by atoms with Crippen molar-refractivity contribution >= 4 is 11.9 Å². The summed E-state index contributed by atoms with van der Waals surface area (Å²) in [6.45, 7) is 4.03. The largest absolute Gasteiger partial charge is 0.466 e. The summed E-state index contributed by atoms with van der Waals surface area (Å²) in [6.07, 6.45) is 2.60. The fraction of sp³-hybridized carbons (Fsp3) is 0.643. The first-order valence-corrected chi connectivity index (χ1v) is 6.59. The van der Waals surface area contributed by atoms with Crippen molar-refractivity contribution in [1.29, 1.82) is 5.26 Å². The minimum atomic E-state index is -0.593. The normalized spacial score (nSPS) is 21.2. The lowest BCUT2D eigenvalue weighted by atomic mass is 9.83. The molecule has 1 saturated carbocycles. The Kier molecular flexibility index (Phi) is 6.07. The number of carbonyl (C=O) groups is 2. The van der Waals surface area contributed by atoms with E-state index in [1.807, 2.05) is 6.07 Å². The van der Waals surface area contributed by atoms with Gasteiger partial charge >= 0.3 is 11.9 Å². The average Bonchev–Trinajstić information content (AvgIpc) is 2.40. The molecule has 0 amide bonds. The van der Waals surface area contributed by atoms with Gasteiger partial charge in [0.15, 0.2) is 0 Å². The van der Waals surface area contributed by atoms with E-state index in [9.17, 15) is 9.59 Å². The van der Waals surface area contributed by atoms with Gasteiger partial charge in [-0.3, -0.25) is 4.79 Å². The smallest absolute Gasteiger partial charge is 0.348 e. The molecule has 0 heterocycles. The maximum absolute atomic E-state index is 11.7. The van der Waals surface area contributed by atoms with Crippen molar-refractivity contribution in [3.63, 3.8) is 0 Å². The molecule has 0 aliphatic heterocycles. The third-order valence-electron chi connectivity index (χ3n) is 3.09. The molecule has 0 spiro atoms. The van der Waals surface area contributed by atoms with Crippen molar-refractivity contribution in [1.82, 2.24) is 0 Å². The number of hydrogen-bond donors (Lipinski definition) is 0. The summed E-state index contributed by atoms with van der Waals surface area (Å²) in [6, 6.07) is 1.90. The third-order valence-corrected chi connectivity index (χ3v) is 3.09. The van der Waals surface area contributed by atoms with Gasteiger partial charge in [0.1, 0.15) is 11.6 Å². The first-order valence-electron chi connectivity index (χ1n) is 6.59. The summed E-state index contributed by atoms with van der Waals surface area (Å²) in [5.41, 5.74) is 0.765. The Labute approximate surface area is 113 Å². The number of allylic oxidation sites excluding steroid dienone is 1. The van der Waals surface area contributed by atoms with Crippen LogP contribution in [0.2, 0.25) is 0 Å². The van der Waals surface area contributed by atoms with Crippen LogP contribution in [0, 0.1) is 17.2 Å². The van der Waals surface area contributed by atoms with E-state index in [0.717, 1.165) is 12.8 Å². The second-order valence-corrected chi connectivity index (χ2v) is 4.36. The highest BCUT2D eigenvalue weighted by atomic mass is 16.5. The molecule has 5 heteroatoms. The predicted molar refractivity (Wildman–Crippen MR) is 67.9 cm³/mol. The summed E-state index contributed by atoms with van der Waals surface area (Å²) in [4.78, 5) is 23.4. The molecule has 0 radical (unpaired) electrons. The Hall–Kier alpha value is -1.83. The van der Waals surface area contributed by atoms with Crippen molar-refractivity contribution in [3.8, 4) is 6.07 Å². The van der Waals surface area contributed by atoms with Gasteiger partial charge in [-0.1, -0.05) is 0 Å². The molecule has 1 unspecified atom stereocenters. The van der Waals surface area contributed by atoms with Crippen LogP contribution < -0.4 is 0 Å². The van der Waals surface area contributed by atoms with Crippen molar-refractivity contribution in [2.45, 2.75) is 39.5 Å². The lowest BCUT2D eigenvalue weighted by molar-refractivity contribution is -0.148. The van der Waals surface area contributed by atoms with Crippen LogP contribution in [-0.4, -0.2) is 25.2 Å². The average molecular weight is 265 g/mol. The van der Waals surface area contributed by atoms with Gasteiger partial charge < -0.3 is 9.47 Å². The fourth-order valence-electron chi connectivity index (χ4n) is 2.22. The predicted octanol–water partition coefficient (Wildman–Crippen LogP) is 2.12. The molecule has 1 atom stereocenters. The maximum atomic E-state index is 11.7. The zero-order valence-corrected chi connectivity index (χ0v) is 11.4. The number of rotatable bonds is 4. The molecular weight excluding hydrogens is 246 g/mol. The Bertz CT molecular complexity index is 420. The summed E-state index contributed by atoms with van der Waals surface area (Å²) >= 11 is 0. The van der Waals surface area contributed by atoms with Crippen LogP contribution in [0.4, 0.5) is 0 Å². The topological polar surface area (TPSA) is 76.4 Å². The van der Waals surface area contributed by atoms with Crippen molar-refractivity contribution in [2.24, 2.45) is 5.92 Å². The minimum Gasteiger partial charge on any atom is -0.466 e. The molecule has 104 valence electrons. The van der Waals surface area contributed by atoms with Gasteiger partial charge in [-0.25, -0.2) is 4.79 Å². The fourth-order valence-corrected chi connectivity index (χ4v) is 2.22. The Morgan fingerprint density at radius 1 is 1.32 bits per heavy atom. The van der Waals surface area contributed by atoms with E-state index < -0.39 is 5.97 Å². The van der Waals surface area contributed by atoms with Gasteiger partial charge in [-0.15, -0.1) is 0 Å². The quantitative estimate of drug-likeness (QED) is 0.442. The summed E-state index contributed by atoms with van der Waals surface area (Å²) < 4.78 is 9.85. The molecule has 0 aromatic heterocycles. The van der Waals surface area contributed by atoms with Crippen LogP contribution in [0.1, 0.15) is 39.5 Å². The standard InChI is InChI=1S/C14H19NO4/c1-3-18-13(16)11-7-5-6-10(8-11)12(9-15)14(17)19-4-2/h11H,3-8H2,1-2H3/b12-10+. The highest BCUT2D eigenvalue weighted by Gasteiger charge is 2.28. The van der Waals surface area contributed by atoms with Gasteiger partial charge in [0.25, 0.3) is 0 Å². The van der Waals surface area contributed by atoms with Crippen molar-refractivity contribution in [3.05, 3.63) is 11.1 Å². The van der Waals surface area contributed by atoms with Crippen LogP contribution in [0.5, 0.6) is 0 Å². The lowest BCUT2D eigenvalue weighted by Gasteiger charge is -2.23. The SMILES string of the molecule is CCOC(=O)/C(C#N)=C1\CCCC(C(=O)OCC)C1. The number of carbonyl (C=O) groups excluding carboxylic acids is 2. The molecule has 0 bridgehead atoms. The lowest BCUT2D eigenvalue weighted by Crippen LogP contribution is -2.23. The first kappa shape index (κ1) is 15.2. The second kappa shape index (κ2) is 7.57. The van der Waals surface area contributed by atoms with Crippen LogP contribution in [0.3, 0.4) is 0 Å². The van der Waals surface area contributed by atoms with Crippen LogP contribution in [0.25, 0.3) is 0 Å². The molecule has 1 fully saturated rings. The first-order chi connectivity index (χ1) is 9.13. The molecule has 0 saturated heterocycles. The third kappa shape index (κ3) is 4.09. The zero-order valence-electron chi connectivity index (χ0n) is 11.4. The number of ether oxygens (including phenoxy) is 2. The van der Waals surface area contributed by atoms with Gasteiger partial charge in [0.05, 0.1) is 19.1 Å². The zero-order chi connectivity index (χ0) is 14.3. The highest BCUT2D eigenvalue weighted by molar-refractivity contribution is 5.93. The van der Waals surface area contributed by atoms with E-state index in [1.165, 1.54) is 0 Å². The van der Waals surface area contributed by atoms with Crippen LogP contribution >= 0.6 is 0 Å². The highest BCUT2D eigenvalue weighted by Crippen LogP contribution is 2.31. The van der Waals surface area contributed by atoms with E-state index in [1.54, 1.807) is 13.8 Å². The Balaban J connectivity index is 2.84. The molecule has 1 rings (SSSR count). The minimum absolute atomic E-state index is 0.0517. The number of nitriles is 1. The van der Waals surface area contributed by atoms with E-state index in [-0.39, 0.29) is 24.1 Å². The Morgan fingerprint density at radius 3 is 2.58 bits per heavy atom. The van der Waals surface area contributed by atoms with Crippen LogP contribution in [-0.2, 0) is 19.1 Å². The van der Waals surface area contributed by atoms with E-state index in [2.05, 4.69) is 0 Å². The van der Waals surface area contributed by atoms with Gasteiger partial charge in [-0.2, -0.15) is 5.26 Å². The molecule has 0 aromatic carbocycles. The molecule has 1 aliphatic rings. The van der Waals surface area contributed by atoms with E-state index in [0.29, 0.717) is 25.0 Å². The van der Waals surface area contributed by atoms with Crippen molar-refractivity contribution in [2.75, 3.05) is 13.2 Å². The van der Waals surface area contributed by atoms with Crippen LogP contribution in [0.15, 0.2) is 11.1 Å². The van der Waals surface area contributed by atoms with Gasteiger partial charge in [-0.05, 0) is 45.1 Å². The summed E-state index contributed by atoms with van der Waals surface area (Å²) in [7, 11) is 0. The number of hydrogen-bond acceptors (Lipinski definition) is 5. The molecule has 1 aliphatic carbocycles. The number of nitrogens with zero attached hydrogens (tertiary/aromatic N) is 1. The van der Waals surface area contributed by atoms with E-state index in [4.69, 9.17) is 14.7 Å². The van der Waals surface area contributed by atoms with Crippen molar-refractivity contribution < 1.29 is 19.1 Å². The molecular formula is C14H19NO4. The monoisotopic (exact) mass is 265 g/mol. The summed E-state index contributed by atoms with van der Waals surface area (Å²) in [5.74, 6) is -1.09. The Morgan fingerprint density at radius 2 is 2.00 bits per heavy atom. The molecule has 0 aromatic rings. The maximum Gasteiger partial charge on any atom is 0.348 e. The van der Waals surface area contributed by atoms with Gasteiger partial charge in [0, 0.05) is 0 Å².